The molecule has 2 rings (SSSR count). The summed E-state index contributed by atoms with van der Waals surface area (Å²) in [6, 6.07) is 7.47. The molecule has 0 bridgehead atoms. The number of hydrogen-bond acceptors (Lipinski definition) is 3. The van der Waals surface area contributed by atoms with E-state index in [9.17, 15) is 9.59 Å². The summed E-state index contributed by atoms with van der Waals surface area (Å²) in [5.41, 5.74) is 0.649. The van der Waals surface area contributed by atoms with Gasteiger partial charge in [-0.3, -0.25) is 9.59 Å². The van der Waals surface area contributed by atoms with Gasteiger partial charge in [0.1, 0.15) is 0 Å². The van der Waals surface area contributed by atoms with Gasteiger partial charge in [0, 0.05) is 18.0 Å². The van der Waals surface area contributed by atoms with Gasteiger partial charge in [0.05, 0.1) is 11.3 Å². The Hall–Kier alpha value is -1.49. The predicted octanol–water partition coefficient (Wildman–Crippen LogP) is 3.62. The minimum absolute atomic E-state index is 0.0503. The minimum Gasteiger partial charge on any atom is -0.355 e. The van der Waals surface area contributed by atoms with Crippen LogP contribution in [0.25, 0.3) is 0 Å². The van der Waals surface area contributed by atoms with E-state index in [1.807, 2.05) is 31.2 Å². The summed E-state index contributed by atoms with van der Waals surface area (Å²) in [6.07, 6.45) is 7.27. The fourth-order valence-electron chi connectivity index (χ4n) is 2.96. The van der Waals surface area contributed by atoms with Crippen LogP contribution in [0.15, 0.2) is 29.2 Å². The number of carbonyl (C=O) groups is 2. The molecule has 1 saturated carbocycles. The molecule has 1 fully saturated rings. The Labute approximate surface area is 149 Å². The summed E-state index contributed by atoms with van der Waals surface area (Å²) in [7, 11) is 0. The van der Waals surface area contributed by atoms with Gasteiger partial charge in [0.25, 0.3) is 5.91 Å². The van der Waals surface area contributed by atoms with Crippen LogP contribution in [0, 0.1) is 5.92 Å². The number of benzene rings is 1. The van der Waals surface area contributed by atoms with Crippen molar-refractivity contribution < 1.29 is 9.59 Å². The maximum Gasteiger partial charge on any atom is 0.252 e. The third-order valence-electron chi connectivity index (χ3n) is 4.34. The number of nitrogens with one attached hydrogen (secondary N) is 2. The van der Waals surface area contributed by atoms with Crippen LogP contribution in [0.2, 0.25) is 0 Å². The van der Waals surface area contributed by atoms with Crippen molar-refractivity contribution in [2.45, 2.75) is 50.3 Å². The second-order valence-electron chi connectivity index (χ2n) is 6.35. The van der Waals surface area contributed by atoms with E-state index in [1.54, 1.807) is 0 Å². The van der Waals surface area contributed by atoms with Crippen molar-refractivity contribution in [3.63, 3.8) is 0 Å². The molecule has 0 spiro atoms. The first-order chi connectivity index (χ1) is 11.7. The Morgan fingerprint density at radius 1 is 1.12 bits per heavy atom. The lowest BCUT2D eigenvalue weighted by atomic mass is 9.89. The van der Waals surface area contributed by atoms with E-state index >= 15 is 0 Å². The summed E-state index contributed by atoms with van der Waals surface area (Å²) in [6.45, 7) is 3.48. The van der Waals surface area contributed by atoms with Gasteiger partial charge in [-0.05, 0) is 37.3 Å². The van der Waals surface area contributed by atoms with Crippen LogP contribution in [-0.2, 0) is 4.79 Å². The van der Waals surface area contributed by atoms with E-state index in [2.05, 4.69) is 10.6 Å². The summed E-state index contributed by atoms with van der Waals surface area (Å²) in [5, 5.41) is 5.94. The number of amides is 2. The van der Waals surface area contributed by atoms with Gasteiger partial charge < -0.3 is 10.6 Å². The molecule has 0 aromatic heterocycles. The topological polar surface area (TPSA) is 58.2 Å². The smallest absolute Gasteiger partial charge is 0.252 e. The van der Waals surface area contributed by atoms with Crippen LogP contribution in [0.3, 0.4) is 0 Å². The van der Waals surface area contributed by atoms with Gasteiger partial charge in [0.2, 0.25) is 5.91 Å². The first kappa shape index (κ1) is 18.8. The minimum atomic E-state index is -0.0671. The van der Waals surface area contributed by atoms with Gasteiger partial charge in [-0.15, -0.1) is 11.8 Å². The highest BCUT2D eigenvalue weighted by atomic mass is 32.2. The van der Waals surface area contributed by atoms with Crippen molar-refractivity contribution in [3.8, 4) is 0 Å². The van der Waals surface area contributed by atoms with Crippen LogP contribution in [0.4, 0.5) is 0 Å². The summed E-state index contributed by atoms with van der Waals surface area (Å²) >= 11 is 1.43. The van der Waals surface area contributed by atoms with Crippen molar-refractivity contribution in [3.05, 3.63) is 29.8 Å². The van der Waals surface area contributed by atoms with Gasteiger partial charge in [-0.25, -0.2) is 0 Å². The Bertz CT molecular complexity index is 542. The second kappa shape index (κ2) is 10.4. The van der Waals surface area contributed by atoms with E-state index in [4.69, 9.17) is 0 Å². The molecule has 0 aliphatic heterocycles. The summed E-state index contributed by atoms with van der Waals surface area (Å²) < 4.78 is 0. The fraction of sp³-hybridized carbons (Fsp3) is 0.579. The molecule has 1 aliphatic rings. The molecule has 0 unspecified atom stereocenters. The predicted molar refractivity (Wildman–Crippen MR) is 99.4 cm³/mol. The molecule has 1 aromatic rings. The first-order valence-electron chi connectivity index (χ1n) is 8.97. The standard InChI is InChI=1S/C19H28N2O2S/c1-2-12-20-19(23)16-10-6-7-11-17(16)24-14-18(22)21-13-15-8-4-3-5-9-15/h6-7,10-11,15H,2-5,8-9,12-14H2,1H3,(H,20,23)(H,21,22). The lowest BCUT2D eigenvalue weighted by Crippen LogP contribution is -2.31. The Balaban J connectivity index is 1.80. The van der Waals surface area contributed by atoms with Gasteiger partial charge in [-0.1, -0.05) is 38.3 Å². The Morgan fingerprint density at radius 3 is 2.62 bits per heavy atom. The highest BCUT2D eigenvalue weighted by molar-refractivity contribution is 8.00. The summed E-state index contributed by atoms with van der Waals surface area (Å²) in [4.78, 5) is 25.1. The normalized spacial score (nSPS) is 15.0. The first-order valence-corrected chi connectivity index (χ1v) is 9.96. The molecule has 2 amide bonds. The van der Waals surface area contributed by atoms with Crippen molar-refractivity contribution in [2.75, 3.05) is 18.8 Å². The molecule has 1 aromatic carbocycles. The molecule has 2 N–H and O–H groups in total. The average molecular weight is 349 g/mol. The number of carbonyl (C=O) groups excluding carboxylic acids is 2. The van der Waals surface area contributed by atoms with Crippen LogP contribution in [-0.4, -0.2) is 30.7 Å². The monoisotopic (exact) mass is 348 g/mol. The van der Waals surface area contributed by atoms with Crippen LogP contribution in [0.5, 0.6) is 0 Å². The van der Waals surface area contributed by atoms with Crippen LogP contribution >= 0.6 is 11.8 Å². The van der Waals surface area contributed by atoms with Gasteiger partial charge >= 0.3 is 0 Å². The van der Waals surface area contributed by atoms with Gasteiger partial charge in [-0.2, -0.15) is 0 Å². The quantitative estimate of drug-likeness (QED) is 0.706. The van der Waals surface area contributed by atoms with E-state index in [1.165, 1.54) is 43.9 Å². The lowest BCUT2D eigenvalue weighted by Gasteiger charge is -2.21. The second-order valence-corrected chi connectivity index (χ2v) is 7.37. The fourth-order valence-corrected chi connectivity index (χ4v) is 3.84. The van der Waals surface area contributed by atoms with E-state index in [0.717, 1.165) is 17.9 Å². The molecule has 0 radical (unpaired) electrons. The summed E-state index contributed by atoms with van der Waals surface area (Å²) in [5.74, 6) is 0.974. The molecule has 0 atom stereocenters. The Morgan fingerprint density at radius 2 is 1.88 bits per heavy atom. The van der Waals surface area contributed by atoms with Crippen molar-refractivity contribution >= 4 is 23.6 Å². The lowest BCUT2D eigenvalue weighted by molar-refractivity contribution is -0.118. The van der Waals surface area contributed by atoms with E-state index in [-0.39, 0.29) is 11.8 Å². The molecule has 0 saturated heterocycles. The number of rotatable bonds is 8. The third-order valence-corrected chi connectivity index (χ3v) is 5.41. The highest BCUT2D eigenvalue weighted by Gasteiger charge is 2.15. The van der Waals surface area contributed by atoms with Crippen molar-refractivity contribution in [2.24, 2.45) is 5.92 Å². The number of thioether (sulfide) groups is 1. The molecule has 0 heterocycles. The molecule has 4 nitrogen and oxygen atoms in total. The molecular formula is C19H28N2O2S. The molecular weight excluding hydrogens is 320 g/mol. The SMILES string of the molecule is CCCNC(=O)c1ccccc1SCC(=O)NCC1CCCCC1. The van der Waals surface area contributed by atoms with Crippen molar-refractivity contribution in [1.29, 1.82) is 0 Å². The molecule has 5 heteroatoms. The zero-order chi connectivity index (χ0) is 17.2. The molecule has 24 heavy (non-hydrogen) atoms. The van der Waals surface area contributed by atoms with E-state index in [0.29, 0.717) is 23.8 Å². The van der Waals surface area contributed by atoms with E-state index < -0.39 is 0 Å². The third kappa shape index (κ3) is 6.19. The average Bonchev–Trinajstić information content (AvgIpc) is 2.63. The highest BCUT2D eigenvalue weighted by Crippen LogP contribution is 2.24. The zero-order valence-electron chi connectivity index (χ0n) is 14.5. The zero-order valence-corrected chi connectivity index (χ0v) is 15.3. The van der Waals surface area contributed by atoms with Crippen LogP contribution < -0.4 is 10.6 Å². The van der Waals surface area contributed by atoms with Gasteiger partial charge in [0.15, 0.2) is 0 Å². The maximum absolute atomic E-state index is 12.2. The molecule has 1 aliphatic carbocycles. The maximum atomic E-state index is 12.2. The Kier molecular flexibility index (Phi) is 8.16. The van der Waals surface area contributed by atoms with Crippen molar-refractivity contribution in [1.82, 2.24) is 10.6 Å². The number of hydrogen-bond donors (Lipinski definition) is 2. The largest absolute Gasteiger partial charge is 0.355 e. The van der Waals surface area contributed by atoms with Crippen LogP contribution in [0.1, 0.15) is 55.8 Å². The molecule has 132 valence electrons.